The number of amides is 2. The summed E-state index contributed by atoms with van der Waals surface area (Å²) >= 11 is 5.90. The second kappa shape index (κ2) is 5.42. The lowest BCUT2D eigenvalue weighted by molar-refractivity contribution is -0.136. The fraction of sp³-hybridized carbons (Fsp3) is 0.231. The number of halogens is 1. The van der Waals surface area contributed by atoms with E-state index in [0.717, 1.165) is 0 Å². The molecule has 0 fully saturated rings. The van der Waals surface area contributed by atoms with Crippen molar-refractivity contribution in [2.24, 2.45) is 0 Å². The number of benzene rings is 1. The number of phenols is 1. The van der Waals surface area contributed by atoms with Gasteiger partial charge in [-0.3, -0.25) is 0 Å². The Labute approximate surface area is 120 Å². The predicted molar refractivity (Wildman–Crippen MR) is 72.2 cm³/mol. The van der Waals surface area contributed by atoms with Crippen LogP contribution in [0, 0.1) is 0 Å². The van der Waals surface area contributed by atoms with Gasteiger partial charge in [0.25, 0.3) is 0 Å². The molecule has 0 radical (unpaired) electrons. The Morgan fingerprint density at radius 3 is 2.80 bits per heavy atom. The number of hydrogen-bond donors (Lipinski definition) is 3. The molecule has 0 spiro atoms. The molecule has 1 aliphatic rings. The maximum atomic E-state index is 11.9. The second-order valence-electron chi connectivity index (χ2n) is 4.26. The van der Waals surface area contributed by atoms with Gasteiger partial charge in [0.05, 0.1) is 18.7 Å². The highest BCUT2D eigenvalue weighted by Crippen LogP contribution is 2.34. The summed E-state index contributed by atoms with van der Waals surface area (Å²) in [4.78, 5) is 23.5. The quantitative estimate of drug-likeness (QED) is 0.727. The molecular weight excluding hydrogens is 284 g/mol. The zero-order chi connectivity index (χ0) is 14.9. The Balaban J connectivity index is 2.56. The molecule has 0 saturated heterocycles. The molecule has 1 unspecified atom stereocenters. The molecule has 2 rings (SSSR count). The van der Waals surface area contributed by atoms with E-state index >= 15 is 0 Å². The number of carbonyl (C=O) groups is 2. The van der Waals surface area contributed by atoms with Crippen molar-refractivity contribution in [2.75, 3.05) is 7.11 Å². The van der Waals surface area contributed by atoms with Crippen molar-refractivity contribution >= 4 is 23.6 Å². The first-order valence-corrected chi connectivity index (χ1v) is 6.17. The molecule has 7 heteroatoms. The molecule has 0 aliphatic carbocycles. The number of rotatable bonds is 2. The largest absolute Gasteiger partial charge is 0.508 e. The maximum absolute atomic E-state index is 11.9. The third kappa shape index (κ3) is 2.55. The lowest BCUT2D eigenvalue weighted by atomic mass is 9.95. The first-order valence-electron chi connectivity index (χ1n) is 5.79. The predicted octanol–water partition coefficient (Wildman–Crippen LogP) is 1.85. The van der Waals surface area contributed by atoms with Crippen LogP contribution < -0.4 is 10.6 Å². The number of carbonyl (C=O) groups excluding carboxylic acids is 2. The molecule has 0 bridgehead atoms. The lowest BCUT2D eigenvalue weighted by Crippen LogP contribution is -2.45. The van der Waals surface area contributed by atoms with Crippen molar-refractivity contribution in [3.63, 3.8) is 0 Å². The standard InChI is InChI=1S/C13H13ClN2O4/c1-6-10(12(18)20-2)11(16-13(19)15-6)8-5-7(14)3-4-9(8)17/h3-5,11,17H,1-2H3,(H2,15,16,19). The molecule has 1 aromatic rings. The highest BCUT2D eigenvalue weighted by Gasteiger charge is 2.33. The van der Waals surface area contributed by atoms with E-state index in [1.165, 1.54) is 25.3 Å². The van der Waals surface area contributed by atoms with E-state index in [4.69, 9.17) is 16.3 Å². The summed E-state index contributed by atoms with van der Waals surface area (Å²) in [5.74, 6) is -0.671. The number of aromatic hydroxyl groups is 1. The van der Waals surface area contributed by atoms with Crippen molar-refractivity contribution in [3.05, 3.63) is 40.1 Å². The molecule has 0 aromatic heterocycles. The Morgan fingerprint density at radius 2 is 2.15 bits per heavy atom. The highest BCUT2D eigenvalue weighted by atomic mass is 35.5. The normalized spacial score (nSPS) is 18.4. The SMILES string of the molecule is COC(=O)C1=C(C)NC(=O)NC1c1cc(Cl)ccc1O. The van der Waals surface area contributed by atoms with Gasteiger partial charge in [-0.1, -0.05) is 11.6 Å². The Kier molecular flexibility index (Phi) is 3.85. The van der Waals surface area contributed by atoms with Gasteiger partial charge in [-0.25, -0.2) is 9.59 Å². The average molecular weight is 297 g/mol. The molecule has 2 amide bonds. The first-order chi connectivity index (χ1) is 9.43. The van der Waals surface area contributed by atoms with Crippen LogP contribution >= 0.6 is 11.6 Å². The zero-order valence-corrected chi connectivity index (χ0v) is 11.6. The van der Waals surface area contributed by atoms with E-state index in [0.29, 0.717) is 16.3 Å². The van der Waals surface area contributed by atoms with Crippen LogP contribution in [0.2, 0.25) is 5.02 Å². The molecule has 106 valence electrons. The van der Waals surface area contributed by atoms with E-state index in [1.54, 1.807) is 6.92 Å². The number of ether oxygens (including phenoxy) is 1. The minimum atomic E-state index is -0.824. The van der Waals surface area contributed by atoms with Gasteiger partial charge in [-0.05, 0) is 25.1 Å². The van der Waals surface area contributed by atoms with Gasteiger partial charge in [-0.2, -0.15) is 0 Å². The molecule has 1 atom stereocenters. The number of esters is 1. The summed E-state index contributed by atoms with van der Waals surface area (Å²) in [5, 5.41) is 15.4. The molecular formula is C13H13ClN2O4. The topological polar surface area (TPSA) is 87.7 Å². The molecule has 20 heavy (non-hydrogen) atoms. The van der Waals surface area contributed by atoms with Crippen LogP contribution in [0.15, 0.2) is 29.5 Å². The third-order valence-electron chi connectivity index (χ3n) is 2.98. The van der Waals surface area contributed by atoms with Crippen LogP contribution in [0.25, 0.3) is 0 Å². The van der Waals surface area contributed by atoms with Gasteiger partial charge in [-0.15, -0.1) is 0 Å². The zero-order valence-electron chi connectivity index (χ0n) is 10.9. The summed E-state index contributed by atoms with van der Waals surface area (Å²) in [6.45, 7) is 1.58. The maximum Gasteiger partial charge on any atom is 0.337 e. The van der Waals surface area contributed by atoms with Crippen molar-refractivity contribution in [2.45, 2.75) is 13.0 Å². The number of urea groups is 1. The number of nitrogens with one attached hydrogen (secondary N) is 2. The summed E-state index contributed by atoms with van der Waals surface area (Å²) < 4.78 is 4.71. The number of methoxy groups -OCH3 is 1. The van der Waals surface area contributed by atoms with E-state index in [1.807, 2.05) is 0 Å². The Morgan fingerprint density at radius 1 is 1.45 bits per heavy atom. The monoisotopic (exact) mass is 296 g/mol. The minimum Gasteiger partial charge on any atom is -0.508 e. The van der Waals surface area contributed by atoms with Crippen LogP contribution in [0.1, 0.15) is 18.5 Å². The average Bonchev–Trinajstić information content (AvgIpc) is 2.40. The van der Waals surface area contributed by atoms with E-state index in [9.17, 15) is 14.7 Å². The first kappa shape index (κ1) is 14.2. The molecule has 6 nitrogen and oxygen atoms in total. The molecule has 3 N–H and O–H groups in total. The van der Waals surface area contributed by atoms with E-state index < -0.39 is 18.0 Å². The fourth-order valence-electron chi connectivity index (χ4n) is 2.06. The minimum absolute atomic E-state index is 0.0733. The molecule has 1 heterocycles. The van der Waals surface area contributed by atoms with Gasteiger partial charge in [0, 0.05) is 16.3 Å². The van der Waals surface area contributed by atoms with E-state index in [-0.39, 0.29) is 11.3 Å². The Bertz CT molecular complexity index is 612. The Hall–Kier alpha value is -2.21. The highest BCUT2D eigenvalue weighted by molar-refractivity contribution is 6.30. The van der Waals surface area contributed by atoms with Crippen LogP contribution in [0.3, 0.4) is 0 Å². The number of allylic oxidation sites excluding steroid dienone is 1. The van der Waals surface area contributed by atoms with Gasteiger partial charge in [0.15, 0.2) is 0 Å². The lowest BCUT2D eigenvalue weighted by Gasteiger charge is -2.28. The van der Waals surface area contributed by atoms with E-state index in [2.05, 4.69) is 10.6 Å². The van der Waals surface area contributed by atoms with Crippen LogP contribution in [0.5, 0.6) is 5.75 Å². The summed E-state index contributed by atoms with van der Waals surface area (Å²) in [5.41, 5.74) is 0.904. The summed E-state index contributed by atoms with van der Waals surface area (Å²) in [7, 11) is 1.24. The van der Waals surface area contributed by atoms with Gasteiger partial charge in [0.1, 0.15) is 5.75 Å². The van der Waals surface area contributed by atoms with Crippen molar-refractivity contribution in [1.29, 1.82) is 0 Å². The van der Waals surface area contributed by atoms with Crippen molar-refractivity contribution < 1.29 is 19.4 Å². The van der Waals surface area contributed by atoms with Crippen molar-refractivity contribution in [3.8, 4) is 5.75 Å². The van der Waals surface area contributed by atoms with Gasteiger partial charge in [0.2, 0.25) is 0 Å². The van der Waals surface area contributed by atoms with Crippen LogP contribution in [0.4, 0.5) is 4.79 Å². The summed E-state index contributed by atoms with van der Waals surface area (Å²) in [6.07, 6.45) is 0. The van der Waals surface area contributed by atoms with Crippen molar-refractivity contribution in [1.82, 2.24) is 10.6 Å². The van der Waals surface area contributed by atoms with Gasteiger partial charge < -0.3 is 20.5 Å². The van der Waals surface area contributed by atoms with Crippen LogP contribution in [-0.2, 0) is 9.53 Å². The smallest absolute Gasteiger partial charge is 0.337 e. The molecule has 1 aromatic carbocycles. The summed E-state index contributed by atoms with van der Waals surface area (Å²) in [6, 6.07) is 3.10. The number of hydrogen-bond acceptors (Lipinski definition) is 4. The third-order valence-corrected chi connectivity index (χ3v) is 3.21. The molecule has 0 saturated carbocycles. The fourth-order valence-corrected chi connectivity index (χ4v) is 2.24. The van der Waals surface area contributed by atoms with Crippen LogP contribution in [-0.4, -0.2) is 24.2 Å². The second-order valence-corrected chi connectivity index (χ2v) is 4.70. The number of phenolic OH excluding ortho intramolecular Hbond substituents is 1. The molecule has 1 aliphatic heterocycles. The van der Waals surface area contributed by atoms with Gasteiger partial charge >= 0.3 is 12.0 Å².